The molecule has 0 radical (unpaired) electrons. The first-order chi connectivity index (χ1) is 18.9. The van der Waals surface area contributed by atoms with Crippen molar-refractivity contribution in [2.45, 2.75) is 60.7 Å². The molecule has 0 saturated heterocycles. The van der Waals surface area contributed by atoms with Gasteiger partial charge < -0.3 is 15.7 Å². The lowest BCUT2D eigenvalue weighted by Crippen LogP contribution is -2.54. The smallest absolute Gasteiger partial charge is 0.255 e. The van der Waals surface area contributed by atoms with Crippen LogP contribution in [0.5, 0.6) is 0 Å². The standard InChI is InChI=1S/C28H28ClF3N2O5S/c29-21-8-5-16(27(36)34-19-12-22(30)25(32)23(31)13-19)9-24(21)40(38,39)20-10-17-6-7-18(11-20)28(17,37)14-33-26(35)15-3-1-2-4-15/h3,5,8-9,12-13,17-18,20,37H,1-2,4,6-7,10-11,14H2,(H,33,35)(H,34,36)/t17-,18?,20?,28?/m0/s1. The van der Waals surface area contributed by atoms with Crippen LogP contribution in [0.25, 0.3) is 0 Å². The third-order valence-electron chi connectivity index (χ3n) is 8.42. The Hall–Kier alpha value is -2.89. The lowest BCUT2D eigenvalue weighted by Gasteiger charge is -2.42. The van der Waals surface area contributed by atoms with E-state index < -0.39 is 44.0 Å². The second kappa shape index (κ2) is 10.8. The lowest BCUT2D eigenvalue weighted by atomic mass is 9.74. The third kappa shape index (κ3) is 5.26. The zero-order chi connectivity index (χ0) is 28.8. The Morgan fingerprint density at radius 1 is 1.02 bits per heavy atom. The molecule has 2 aromatic rings. The average Bonchev–Trinajstić information content (AvgIpc) is 3.48. The van der Waals surface area contributed by atoms with Crippen LogP contribution >= 0.6 is 11.6 Å². The van der Waals surface area contributed by atoms with E-state index in [1.54, 1.807) is 0 Å². The first kappa shape index (κ1) is 28.6. The van der Waals surface area contributed by atoms with Gasteiger partial charge in [0, 0.05) is 35.5 Å². The summed E-state index contributed by atoms with van der Waals surface area (Å²) in [6.07, 6.45) is 5.93. The summed E-state index contributed by atoms with van der Waals surface area (Å²) in [6, 6.07) is 4.82. The quantitative estimate of drug-likeness (QED) is 0.393. The molecule has 3 aliphatic rings. The van der Waals surface area contributed by atoms with Crippen molar-refractivity contribution in [1.29, 1.82) is 0 Å². The average molecular weight is 597 g/mol. The molecule has 0 aliphatic heterocycles. The van der Waals surface area contributed by atoms with Crippen LogP contribution in [-0.4, -0.2) is 42.7 Å². The highest BCUT2D eigenvalue weighted by Crippen LogP contribution is 2.52. The Morgan fingerprint density at radius 2 is 1.68 bits per heavy atom. The van der Waals surface area contributed by atoms with Gasteiger partial charge in [0.1, 0.15) is 0 Å². The Kier molecular flexibility index (Phi) is 7.75. The summed E-state index contributed by atoms with van der Waals surface area (Å²) < 4.78 is 67.8. The van der Waals surface area contributed by atoms with E-state index in [2.05, 4.69) is 10.6 Å². The molecular formula is C28H28ClF3N2O5S. The van der Waals surface area contributed by atoms with Gasteiger partial charge in [-0.1, -0.05) is 17.7 Å². The van der Waals surface area contributed by atoms with E-state index in [9.17, 15) is 36.3 Å². The fourth-order valence-electron chi connectivity index (χ4n) is 6.24. The molecule has 5 rings (SSSR count). The molecule has 4 atom stereocenters. The normalized spacial score (nSPS) is 25.9. The van der Waals surface area contributed by atoms with Crippen molar-refractivity contribution >= 4 is 38.9 Å². The molecule has 2 saturated carbocycles. The monoisotopic (exact) mass is 596 g/mol. The molecular weight excluding hydrogens is 569 g/mol. The van der Waals surface area contributed by atoms with Crippen LogP contribution in [0.3, 0.4) is 0 Å². The van der Waals surface area contributed by atoms with Crippen molar-refractivity contribution in [2.24, 2.45) is 11.8 Å². The molecule has 0 spiro atoms. The van der Waals surface area contributed by atoms with Crippen molar-refractivity contribution in [1.82, 2.24) is 5.32 Å². The van der Waals surface area contributed by atoms with Gasteiger partial charge in [-0.3, -0.25) is 9.59 Å². The Balaban J connectivity index is 1.32. The summed E-state index contributed by atoms with van der Waals surface area (Å²) in [6.45, 7) is 0.0479. The lowest BCUT2D eigenvalue weighted by molar-refractivity contribution is -0.120. The number of anilines is 1. The zero-order valence-corrected chi connectivity index (χ0v) is 22.9. The van der Waals surface area contributed by atoms with Crippen LogP contribution in [0.4, 0.5) is 18.9 Å². The molecule has 2 amide bonds. The first-order valence-corrected chi connectivity index (χ1v) is 15.0. The minimum atomic E-state index is -4.05. The molecule has 0 heterocycles. The van der Waals surface area contributed by atoms with Gasteiger partial charge in [0.15, 0.2) is 27.3 Å². The molecule has 3 N–H and O–H groups in total. The summed E-state index contributed by atoms with van der Waals surface area (Å²) in [5.74, 6) is -6.43. The Bertz CT molecular complexity index is 1480. The number of nitrogens with one attached hydrogen (secondary N) is 2. The van der Waals surface area contributed by atoms with E-state index in [1.165, 1.54) is 12.1 Å². The molecule has 3 unspecified atom stereocenters. The number of aliphatic hydroxyl groups is 1. The minimum Gasteiger partial charge on any atom is -0.387 e. The van der Waals surface area contributed by atoms with Crippen molar-refractivity contribution in [2.75, 3.05) is 11.9 Å². The van der Waals surface area contributed by atoms with Crippen molar-refractivity contribution in [3.05, 3.63) is 70.0 Å². The van der Waals surface area contributed by atoms with Gasteiger partial charge >= 0.3 is 0 Å². The first-order valence-electron chi connectivity index (χ1n) is 13.1. The molecule has 12 heteroatoms. The molecule has 0 aromatic heterocycles. The topological polar surface area (TPSA) is 113 Å². The van der Waals surface area contributed by atoms with Crippen LogP contribution in [0.15, 0.2) is 46.9 Å². The van der Waals surface area contributed by atoms with Gasteiger partial charge in [0.05, 0.1) is 20.8 Å². The van der Waals surface area contributed by atoms with E-state index in [0.717, 1.165) is 18.9 Å². The van der Waals surface area contributed by atoms with Crippen LogP contribution in [0.2, 0.25) is 5.02 Å². The number of rotatable bonds is 7. The summed E-state index contributed by atoms with van der Waals surface area (Å²) in [5, 5.41) is 15.6. The van der Waals surface area contributed by atoms with E-state index in [4.69, 9.17) is 11.6 Å². The Morgan fingerprint density at radius 3 is 2.27 bits per heavy atom. The minimum absolute atomic E-state index is 0.0479. The summed E-state index contributed by atoms with van der Waals surface area (Å²) in [4.78, 5) is 25.0. The van der Waals surface area contributed by atoms with Gasteiger partial charge in [-0.15, -0.1) is 0 Å². The summed E-state index contributed by atoms with van der Waals surface area (Å²) in [7, 11) is -4.05. The molecule has 2 aromatic carbocycles. The summed E-state index contributed by atoms with van der Waals surface area (Å²) in [5.41, 5.74) is -0.987. The second-order valence-electron chi connectivity index (χ2n) is 10.8. The number of fused-ring (bicyclic) bond motifs is 2. The SMILES string of the molecule is O=C(NCC1(O)C2CC[C@H]1CC(S(=O)(=O)c1cc(C(=O)Nc3cc(F)c(F)c(F)c3)ccc1Cl)C2)C1=CCCC1. The maximum Gasteiger partial charge on any atom is 0.255 e. The highest BCUT2D eigenvalue weighted by molar-refractivity contribution is 7.92. The fourth-order valence-corrected chi connectivity index (χ4v) is 8.64. The van der Waals surface area contributed by atoms with E-state index in [0.29, 0.717) is 37.0 Å². The molecule has 40 heavy (non-hydrogen) atoms. The van der Waals surface area contributed by atoms with Gasteiger partial charge in [0.25, 0.3) is 5.91 Å². The number of carbonyl (C=O) groups is 2. The van der Waals surface area contributed by atoms with Gasteiger partial charge in [-0.2, -0.15) is 0 Å². The predicted molar refractivity (Wildman–Crippen MR) is 142 cm³/mol. The molecule has 2 bridgehead atoms. The maximum absolute atomic E-state index is 13.7. The number of halogens is 4. The molecule has 3 aliphatic carbocycles. The number of benzene rings is 2. The number of hydrogen-bond donors (Lipinski definition) is 3. The van der Waals surface area contributed by atoms with E-state index in [-0.39, 0.29) is 58.3 Å². The van der Waals surface area contributed by atoms with Crippen molar-refractivity contribution < 1.29 is 36.3 Å². The number of carbonyl (C=O) groups excluding carboxylic acids is 2. The maximum atomic E-state index is 13.7. The van der Waals surface area contributed by atoms with Crippen molar-refractivity contribution in [3.63, 3.8) is 0 Å². The molecule has 214 valence electrons. The van der Waals surface area contributed by atoms with E-state index >= 15 is 0 Å². The van der Waals surface area contributed by atoms with Crippen LogP contribution in [0.1, 0.15) is 55.3 Å². The zero-order valence-electron chi connectivity index (χ0n) is 21.4. The second-order valence-corrected chi connectivity index (χ2v) is 13.4. The van der Waals surface area contributed by atoms with Crippen molar-refractivity contribution in [3.8, 4) is 0 Å². The number of sulfone groups is 1. The predicted octanol–water partition coefficient (Wildman–Crippen LogP) is 4.93. The Labute approximate surface area is 234 Å². The molecule has 2 fully saturated rings. The van der Waals surface area contributed by atoms with Gasteiger partial charge in [-0.05, 0) is 75.0 Å². The number of hydrogen-bond acceptors (Lipinski definition) is 5. The highest BCUT2D eigenvalue weighted by atomic mass is 35.5. The fraction of sp³-hybridized carbons (Fsp3) is 0.429. The van der Waals surface area contributed by atoms with E-state index in [1.807, 2.05) is 6.08 Å². The highest BCUT2D eigenvalue weighted by Gasteiger charge is 2.55. The number of amides is 2. The van der Waals surface area contributed by atoms with Crippen LogP contribution in [0, 0.1) is 29.3 Å². The van der Waals surface area contributed by atoms with Crippen LogP contribution < -0.4 is 10.6 Å². The summed E-state index contributed by atoms with van der Waals surface area (Å²) >= 11 is 6.26. The largest absolute Gasteiger partial charge is 0.387 e. The molecule has 7 nitrogen and oxygen atoms in total. The number of allylic oxidation sites excluding steroid dienone is 1. The third-order valence-corrected chi connectivity index (χ3v) is 11.1. The van der Waals surface area contributed by atoms with Gasteiger partial charge in [-0.25, -0.2) is 21.6 Å². The van der Waals surface area contributed by atoms with Crippen LogP contribution in [-0.2, 0) is 14.6 Å². The van der Waals surface area contributed by atoms with Gasteiger partial charge in [0.2, 0.25) is 5.91 Å².